The summed E-state index contributed by atoms with van der Waals surface area (Å²) in [6.07, 6.45) is 4.35. The Hall–Kier alpha value is -2.83. The van der Waals surface area contributed by atoms with Crippen molar-refractivity contribution in [1.82, 2.24) is 15.5 Å². The van der Waals surface area contributed by atoms with Crippen LogP contribution < -0.4 is 10.6 Å². The summed E-state index contributed by atoms with van der Waals surface area (Å²) in [7, 11) is 1.33. The summed E-state index contributed by atoms with van der Waals surface area (Å²) in [6.45, 7) is 0. The van der Waals surface area contributed by atoms with E-state index in [0.717, 1.165) is 30.5 Å². The summed E-state index contributed by atoms with van der Waals surface area (Å²) >= 11 is 0. The Kier molecular flexibility index (Phi) is 4.27. The third-order valence-corrected chi connectivity index (χ3v) is 3.92. The predicted molar refractivity (Wildman–Crippen MR) is 84.3 cm³/mol. The minimum absolute atomic E-state index is 0.0921. The number of methoxy groups -OCH3 is 1. The smallest absolute Gasteiger partial charge is 0.337 e. The third kappa shape index (κ3) is 3.50. The normalized spacial score (nSPS) is 16.3. The first-order valence-corrected chi connectivity index (χ1v) is 7.42. The number of esters is 1. The van der Waals surface area contributed by atoms with Gasteiger partial charge in [-0.05, 0) is 49.1 Å². The first-order valence-electron chi connectivity index (χ1n) is 7.42. The monoisotopic (exact) mass is 314 g/mol. The van der Waals surface area contributed by atoms with Crippen LogP contribution in [0.1, 0.15) is 28.0 Å². The van der Waals surface area contributed by atoms with E-state index >= 15 is 0 Å². The third-order valence-electron chi connectivity index (χ3n) is 3.92. The number of aryl methyl sites for hydroxylation is 1. The molecule has 2 aromatic rings. The van der Waals surface area contributed by atoms with E-state index in [9.17, 15) is 9.59 Å². The molecule has 0 saturated carbocycles. The molecule has 7 heteroatoms. The molecule has 3 rings (SSSR count). The highest BCUT2D eigenvalue weighted by molar-refractivity contribution is 5.92. The van der Waals surface area contributed by atoms with Crippen LogP contribution in [0.25, 0.3) is 0 Å². The van der Waals surface area contributed by atoms with Crippen molar-refractivity contribution < 1.29 is 14.3 Å². The summed E-state index contributed by atoms with van der Waals surface area (Å²) in [5, 5.41) is 12.7. The summed E-state index contributed by atoms with van der Waals surface area (Å²) in [5.74, 6) is -0.404. The van der Waals surface area contributed by atoms with Crippen molar-refractivity contribution in [3.63, 3.8) is 0 Å². The lowest BCUT2D eigenvalue weighted by molar-refractivity contribution is 0.0601. The Morgan fingerprint density at radius 2 is 2.09 bits per heavy atom. The molecule has 1 aromatic carbocycles. The molecule has 23 heavy (non-hydrogen) atoms. The summed E-state index contributed by atoms with van der Waals surface area (Å²) < 4.78 is 4.63. The molecule has 0 fully saturated rings. The van der Waals surface area contributed by atoms with Crippen LogP contribution in [0, 0.1) is 0 Å². The van der Waals surface area contributed by atoms with Crippen molar-refractivity contribution in [1.29, 1.82) is 0 Å². The van der Waals surface area contributed by atoms with Gasteiger partial charge >= 0.3 is 12.0 Å². The number of hydrogen-bond donors (Lipinski definition) is 3. The van der Waals surface area contributed by atoms with Gasteiger partial charge in [-0.15, -0.1) is 0 Å². The van der Waals surface area contributed by atoms with Crippen molar-refractivity contribution >= 4 is 17.7 Å². The number of carbonyl (C=O) groups is 2. The van der Waals surface area contributed by atoms with Crippen LogP contribution in [0.15, 0.2) is 30.5 Å². The van der Waals surface area contributed by atoms with Gasteiger partial charge in [0.25, 0.3) is 0 Å². The number of carbonyl (C=O) groups excluding carboxylic acids is 2. The molecule has 0 saturated heterocycles. The van der Waals surface area contributed by atoms with Gasteiger partial charge in [-0.2, -0.15) is 5.10 Å². The average Bonchev–Trinajstić information content (AvgIpc) is 3.02. The van der Waals surface area contributed by atoms with Gasteiger partial charge in [-0.1, -0.05) is 0 Å². The zero-order valence-electron chi connectivity index (χ0n) is 12.8. The summed E-state index contributed by atoms with van der Waals surface area (Å²) in [4.78, 5) is 23.4. The standard InChI is InChI=1S/C16H18N4O3/c1-23-15(21)10-2-4-12(5-3-10)18-16(22)19-13-6-7-14-11(8-13)9-17-20-14/h2-5,9,13H,6-8H2,1H3,(H,17,20)(H2,18,19,22)/t13-/m1/s1. The zero-order chi connectivity index (χ0) is 16.2. The maximum Gasteiger partial charge on any atom is 0.337 e. The number of urea groups is 1. The number of ether oxygens (including phenoxy) is 1. The van der Waals surface area contributed by atoms with Gasteiger partial charge in [0.1, 0.15) is 0 Å². The molecule has 0 spiro atoms. The number of aromatic nitrogens is 2. The second kappa shape index (κ2) is 6.51. The molecule has 1 aromatic heterocycles. The molecule has 0 aliphatic heterocycles. The van der Waals surface area contributed by atoms with Crippen LogP contribution in [0.4, 0.5) is 10.5 Å². The van der Waals surface area contributed by atoms with E-state index in [4.69, 9.17) is 0 Å². The maximum atomic E-state index is 12.1. The van der Waals surface area contributed by atoms with Gasteiger partial charge in [0, 0.05) is 17.4 Å². The Bertz CT molecular complexity index is 708. The highest BCUT2D eigenvalue weighted by Gasteiger charge is 2.21. The molecule has 1 heterocycles. The Morgan fingerprint density at radius 1 is 1.30 bits per heavy atom. The molecule has 7 nitrogen and oxygen atoms in total. The van der Waals surface area contributed by atoms with Crippen molar-refractivity contribution in [2.24, 2.45) is 0 Å². The fourth-order valence-corrected chi connectivity index (χ4v) is 2.70. The largest absolute Gasteiger partial charge is 0.465 e. The number of aromatic amines is 1. The van der Waals surface area contributed by atoms with Gasteiger partial charge in [-0.3, -0.25) is 5.10 Å². The van der Waals surface area contributed by atoms with Crippen LogP contribution in [-0.2, 0) is 17.6 Å². The van der Waals surface area contributed by atoms with E-state index in [-0.39, 0.29) is 12.1 Å². The topological polar surface area (TPSA) is 96.1 Å². The Labute approximate surface area is 133 Å². The lowest BCUT2D eigenvalue weighted by atomic mass is 9.94. The van der Waals surface area contributed by atoms with E-state index in [1.54, 1.807) is 24.3 Å². The van der Waals surface area contributed by atoms with Crippen LogP contribution >= 0.6 is 0 Å². The van der Waals surface area contributed by atoms with Crippen molar-refractivity contribution in [2.75, 3.05) is 12.4 Å². The number of amides is 2. The molecule has 0 radical (unpaired) electrons. The SMILES string of the molecule is COC(=O)c1ccc(NC(=O)N[C@@H]2CCc3[nH]ncc3C2)cc1. The Balaban J connectivity index is 1.54. The van der Waals surface area contributed by atoms with E-state index in [2.05, 4.69) is 25.6 Å². The van der Waals surface area contributed by atoms with Gasteiger partial charge in [0.05, 0.1) is 18.9 Å². The molecule has 3 N–H and O–H groups in total. The minimum atomic E-state index is -0.404. The molecular weight excluding hydrogens is 296 g/mol. The second-order valence-corrected chi connectivity index (χ2v) is 5.48. The molecule has 0 unspecified atom stereocenters. The number of rotatable bonds is 3. The van der Waals surface area contributed by atoms with E-state index < -0.39 is 5.97 Å². The molecule has 120 valence electrons. The second-order valence-electron chi connectivity index (χ2n) is 5.48. The Morgan fingerprint density at radius 3 is 2.83 bits per heavy atom. The van der Waals surface area contributed by atoms with Crippen molar-refractivity contribution in [3.05, 3.63) is 47.3 Å². The van der Waals surface area contributed by atoms with Gasteiger partial charge in [0.2, 0.25) is 0 Å². The van der Waals surface area contributed by atoms with Gasteiger partial charge in [0.15, 0.2) is 0 Å². The number of anilines is 1. The molecule has 1 atom stereocenters. The molecule has 2 amide bonds. The molecular formula is C16H18N4O3. The lowest BCUT2D eigenvalue weighted by Crippen LogP contribution is -2.41. The maximum absolute atomic E-state index is 12.1. The number of benzene rings is 1. The number of fused-ring (bicyclic) bond motifs is 1. The van der Waals surface area contributed by atoms with Crippen molar-refractivity contribution in [2.45, 2.75) is 25.3 Å². The first-order chi connectivity index (χ1) is 11.2. The van der Waals surface area contributed by atoms with Gasteiger partial charge in [-0.25, -0.2) is 9.59 Å². The quantitative estimate of drug-likeness (QED) is 0.754. The van der Waals surface area contributed by atoms with Crippen LogP contribution in [-0.4, -0.2) is 35.3 Å². The average molecular weight is 314 g/mol. The minimum Gasteiger partial charge on any atom is -0.465 e. The highest BCUT2D eigenvalue weighted by Crippen LogP contribution is 2.19. The van der Waals surface area contributed by atoms with Crippen LogP contribution in [0.2, 0.25) is 0 Å². The van der Waals surface area contributed by atoms with Crippen LogP contribution in [0.3, 0.4) is 0 Å². The molecule has 0 bridgehead atoms. The fourth-order valence-electron chi connectivity index (χ4n) is 2.70. The summed E-state index contributed by atoms with van der Waals surface area (Å²) in [5.41, 5.74) is 3.37. The van der Waals surface area contributed by atoms with E-state index in [0.29, 0.717) is 11.3 Å². The lowest BCUT2D eigenvalue weighted by Gasteiger charge is -2.23. The highest BCUT2D eigenvalue weighted by atomic mass is 16.5. The van der Waals surface area contributed by atoms with Gasteiger partial charge < -0.3 is 15.4 Å². The molecule has 1 aliphatic carbocycles. The number of nitrogens with zero attached hydrogens (tertiary/aromatic N) is 1. The van der Waals surface area contributed by atoms with E-state index in [1.807, 2.05) is 6.20 Å². The zero-order valence-corrected chi connectivity index (χ0v) is 12.8. The molecule has 1 aliphatic rings. The number of hydrogen-bond acceptors (Lipinski definition) is 4. The van der Waals surface area contributed by atoms with Crippen LogP contribution in [0.5, 0.6) is 0 Å². The van der Waals surface area contributed by atoms with Crippen molar-refractivity contribution in [3.8, 4) is 0 Å². The first kappa shape index (κ1) is 15.1. The van der Waals surface area contributed by atoms with E-state index in [1.165, 1.54) is 7.11 Å². The predicted octanol–water partition coefficient (Wildman–Crippen LogP) is 1.88. The summed E-state index contributed by atoms with van der Waals surface area (Å²) in [6, 6.07) is 6.39. The fraction of sp³-hybridized carbons (Fsp3) is 0.312. The number of nitrogens with one attached hydrogen (secondary N) is 3. The number of H-pyrrole nitrogens is 1.